The second-order valence-corrected chi connectivity index (χ2v) is 7.20. The van der Waals surface area contributed by atoms with E-state index < -0.39 is 0 Å². The average Bonchev–Trinajstić information content (AvgIpc) is 3.34. The third-order valence-electron chi connectivity index (χ3n) is 4.25. The van der Waals surface area contributed by atoms with Crippen LogP contribution in [0.15, 0.2) is 79.3 Å². The van der Waals surface area contributed by atoms with Gasteiger partial charge in [0.1, 0.15) is 5.82 Å². The first-order valence-corrected chi connectivity index (χ1v) is 9.37. The monoisotopic (exact) mass is 360 g/mol. The van der Waals surface area contributed by atoms with E-state index in [1.807, 2.05) is 30.7 Å². The molecule has 0 spiro atoms. The number of rotatable bonds is 6. The molecule has 0 atom stereocenters. The minimum Gasteiger partial charge on any atom is -0.344 e. The van der Waals surface area contributed by atoms with E-state index in [9.17, 15) is 0 Å². The van der Waals surface area contributed by atoms with Gasteiger partial charge in [0.2, 0.25) is 0 Å². The molecule has 4 rings (SSSR count). The molecule has 0 bridgehead atoms. The fourth-order valence-electron chi connectivity index (χ4n) is 2.87. The quantitative estimate of drug-likeness (QED) is 0.500. The molecular weight excluding hydrogens is 340 g/mol. The molecule has 0 aliphatic heterocycles. The van der Waals surface area contributed by atoms with E-state index in [2.05, 4.69) is 75.0 Å². The molecule has 5 heteroatoms. The molecule has 0 N–H and O–H groups in total. The zero-order chi connectivity index (χ0) is 17.8. The number of hydrogen-bond acceptors (Lipinski definition) is 4. The molecule has 0 fully saturated rings. The Balaban J connectivity index is 1.48. The fourth-order valence-corrected chi connectivity index (χ4v) is 3.75. The predicted molar refractivity (Wildman–Crippen MR) is 107 cm³/mol. The highest BCUT2D eigenvalue weighted by molar-refractivity contribution is 7.18. The van der Waals surface area contributed by atoms with E-state index in [-0.39, 0.29) is 0 Å². The number of aromatic nitrogens is 3. The highest BCUT2D eigenvalue weighted by atomic mass is 32.1. The van der Waals surface area contributed by atoms with Crippen molar-refractivity contribution in [2.24, 2.45) is 0 Å². The molecule has 4 nitrogen and oxygen atoms in total. The molecule has 0 aliphatic carbocycles. The molecule has 0 aliphatic rings. The first kappa shape index (κ1) is 16.5. The van der Waals surface area contributed by atoms with Crippen LogP contribution in [-0.2, 0) is 13.1 Å². The highest BCUT2D eigenvalue weighted by Crippen LogP contribution is 2.30. The first-order chi connectivity index (χ1) is 12.8. The number of thiazole rings is 1. The number of imidazole rings is 1. The second kappa shape index (κ2) is 7.54. The zero-order valence-electron chi connectivity index (χ0n) is 14.6. The van der Waals surface area contributed by atoms with Crippen LogP contribution in [0.3, 0.4) is 0 Å². The Labute approximate surface area is 157 Å². The van der Waals surface area contributed by atoms with Crippen LogP contribution < -0.4 is 4.90 Å². The van der Waals surface area contributed by atoms with Gasteiger partial charge in [-0.2, -0.15) is 0 Å². The summed E-state index contributed by atoms with van der Waals surface area (Å²) >= 11 is 1.70. The van der Waals surface area contributed by atoms with E-state index in [1.165, 1.54) is 16.0 Å². The molecule has 0 radical (unpaired) electrons. The lowest BCUT2D eigenvalue weighted by atomic mass is 10.2. The van der Waals surface area contributed by atoms with Crippen molar-refractivity contribution in [1.82, 2.24) is 14.5 Å². The van der Waals surface area contributed by atoms with Gasteiger partial charge in [-0.15, -0.1) is 0 Å². The maximum atomic E-state index is 4.59. The Kier molecular flexibility index (Phi) is 4.80. The highest BCUT2D eigenvalue weighted by Gasteiger charge is 2.12. The van der Waals surface area contributed by atoms with Crippen LogP contribution in [0.1, 0.15) is 11.4 Å². The van der Waals surface area contributed by atoms with Gasteiger partial charge in [-0.25, -0.2) is 9.97 Å². The summed E-state index contributed by atoms with van der Waals surface area (Å²) in [7, 11) is 2.06. The lowest BCUT2D eigenvalue weighted by Crippen LogP contribution is -2.19. The van der Waals surface area contributed by atoms with Crippen molar-refractivity contribution in [2.75, 3.05) is 11.9 Å². The molecule has 0 saturated carbocycles. The van der Waals surface area contributed by atoms with Crippen molar-refractivity contribution in [1.29, 1.82) is 0 Å². The van der Waals surface area contributed by atoms with Crippen molar-refractivity contribution in [3.8, 4) is 10.4 Å². The molecule has 130 valence electrons. The Bertz CT molecular complexity index is 960. The lowest BCUT2D eigenvalue weighted by Gasteiger charge is -2.16. The van der Waals surface area contributed by atoms with Crippen molar-refractivity contribution in [3.05, 3.63) is 90.6 Å². The van der Waals surface area contributed by atoms with Crippen LogP contribution >= 0.6 is 11.3 Å². The van der Waals surface area contributed by atoms with E-state index in [0.29, 0.717) is 0 Å². The smallest absolute Gasteiger partial charge is 0.185 e. The molecule has 0 amide bonds. The van der Waals surface area contributed by atoms with E-state index in [0.717, 1.165) is 24.0 Å². The summed E-state index contributed by atoms with van der Waals surface area (Å²) in [5.41, 5.74) is 2.48. The van der Waals surface area contributed by atoms with Crippen LogP contribution in [0.2, 0.25) is 0 Å². The standard InChI is InChI=1S/C21H20N4S/c1-24(21-23-14-19(26-21)18-10-6-3-7-11-18)16-20-22-12-13-25(20)15-17-8-4-2-5-9-17/h2-14H,15-16H2,1H3. The molecular formula is C21H20N4S. The van der Waals surface area contributed by atoms with Crippen LogP contribution in [0, 0.1) is 0 Å². The topological polar surface area (TPSA) is 34.0 Å². The lowest BCUT2D eigenvalue weighted by molar-refractivity contribution is 0.706. The van der Waals surface area contributed by atoms with Crippen LogP contribution in [-0.4, -0.2) is 21.6 Å². The molecule has 2 aromatic carbocycles. The van der Waals surface area contributed by atoms with Gasteiger partial charge >= 0.3 is 0 Å². The summed E-state index contributed by atoms with van der Waals surface area (Å²) in [5, 5.41) is 0.998. The Morgan fingerprint density at radius 1 is 0.962 bits per heavy atom. The maximum Gasteiger partial charge on any atom is 0.185 e. The average molecular weight is 360 g/mol. The van der Waals surface area contributed by atoms with Gasteiger partial charge in [-0.05, 0) is 11.1 Å². The van der Waals surface area contributed by atoms with E-state index in [1.54, 1.807) is 11.3 Å². The summed E-state index contributed by atoms with van der Waals surface area (Å²) < 4.78 is 2.19. The molecule has 0 unspecified atom stereocenters. The summed E-state index contributed by atoms with van der Waals surface area (Å²) in [6, 6.07) is 20.8. The van der Waals surface area contributed by atoms with Gasteiger partial charge in [0, 0.05) is 32.2 Å². The molecule has 2 aromatic heterocycles. The van der Waals surface area contributed by atoms with E-state index in [4.69, 9.17) is 0 Å². The van der Waals surface area contributed by atoms with Gasteiger partial charge in [-0.1, -0.05) is 72.0 Å². The SMILES string of the molecule is CN(Cc1nccn1Cc1ccccc1)c1ncc(-c2ccccc2)s1. The van der Waals surface area contributed by atoms with Gasteiger partial charge in [0.15, 0.2) is 5.13 Å². The fraction of sp³-hybridized carbons (Fsp3) is 0.143. The third-order valence-corrected chi connectivity index (χ3v) is 5.42. The van der Waals surface area contributed by atoms with Crippen molar-refractivity contribution >= 4 is 16.5 Å². The zero-order valence-corrected chi connectivity index (χ0v) is 15.4. The van der Waals surface area contributed by atoms with Crippen molar-refractivity contribution < 1.29 is 0 Å². The number of nitrogens with zero attached hydrogens (tertiary/aromatic N) is 4. The van der Waals surface area contributed by atoms with E-state index >= 15 is 0 Å². The summed E-state index contributed by atoms with van der Waals surface area (Å²) in [5.74, 6) is 1.04. The Morgan fingerprint density at radius 3 is 2.46 bits per heavy atom. The van der Waals surface area contributed by atoms with Gasteiger partial charge in [0.05, 0.1) is 11.4 Å². The largest absolute Gasteiger partial charge is 0.344 e. The third kappa shape index (κ3) is 3.68. The number of benzene rings is 2. The minimum absolute atomic E-state index is 0.724. The molecule has 4 aromatic rings. The number of hydrogen-bond donors (Lipinski definition) is 0. The van der Waals surface area contributed by atoms with Crippen molar-refractivity contribution in [3.63, 3.8) is 0 Å². The molecule has 0 saturated heterocycles. The molecule has 26 heavy (non-hydrogen) atoms. The normalized spacial score (nSPS) is 10.8. The van der Waals surface area contributed by atoms with Crippen molar-refractivity contribution in [2.45, 2.75) is 13.1 Å². The van der Waals surface area contributed by atoms with Crippen LogP contribution in [0.4, 0.5) is 5.13 Å². The number of anilines is 1. The summed E-state index contributed by atoms with van der Waals surface area (Å²) in [6.07, 6.45) is 5.85. The van der Waals surface area contributed by atoms with Crippen LogP contribution in [0.5, 0.6) is 0 Å². The first-order valence-electron chi connectivity index (χ1n) is 8.56. The van der Waals surface area contributed by atoms with Gasteiger partial charge < -0.3 is 9.47 Å². The van der Waals surface area contributed by atoms with Crippen LogP contribution in [0.25, 0.3) is 10.4 Å². The predicted octanol–water partition coefficient (Wildman–Crippen LogP) is 4.69. The Hall–Kier alpha value is -2.92. The second-order valence-electron chi connectivity index (χ2n) is 6.19. The van der Waals surface area contributed by atoms with Gasteiger partial charge in [0.25, 0.3) is 0 Å². The summed E-state index contributed by atoms with van der Waals surface area (Å²) in [4.78, 5) is 12.5. The molecule has 2 heterocycles. The summed E-state index contributed by atoms with van der Waals surface area (Å²) in [6.45, 7) is 1.55. The minimum atomic E-state index is 0.724. The Morgan fingerprint density at radius 2 is 1.69 bits per heavy atom. The van der Waals surface area contributed by atoms with Gasteiger partial charge in [-0.3, -0.25) is 0 Å². The maximum absolute atomic E-state index is 4.59.